The van der Waals surface area contributed by atoms with Gasteiger partial charge in [0.1, 0.15) is 5.75 Å². The molecule has 1 aromatic rings. The average Bonchev–Trinajstić information content (AvgIpc) is 2.74. The standard InChI is InChI=1S/C14H16F3NO2/c15-14(16,17)20-11-5-3-4-10(8-11)12(19)9-13(18)6-1-2-7-13/h3-5,8H,1-2,6-7,9,18H2. The highest BCUT2D eigenvalue weighted by molar-refractivity contribution is 5.97. The van der Waals surface area contributed by atoms with Crippen LogP contribution in [-0.4, -0.2) is 17.7 Å². The minimum absolute atomic E-state index is 0.155. The fourth-order valence-corrected chi connectivity index (χ4v) is 2.54. The van der Waals surface area contributed by atoms with E-state index in [0.717, 1.165) is 37.8 Å². The number of Topliss-reactive ketones (excluding diaryl/α,β-unsaturated/α-hetero) is 1. The Labute approximate surface area is 114 Å². The van der Waals surface area contributed by atoms with Crippen LogP contribution in [0.25, 0.3) is 0 Å². The van der Waals surface area contributed by atoms with E-state index in [1.165, 1.54) is 12.1 Å². The van der Waals surface area contributed by atoms with Crippen LogP contribution in [0, 0.1) is 0 Å². The van der Waals surface area contributed by atoms with Gasteiger partial charge in [-0.25, -0.2) is 0 Å². The van der Waals surface area contributed by atoms with E-state index in [2.05, 4.69) is 4.74 Å². The maximum Gasteiger partial charge on any atom is 0.573 e. The van der Waals surface area contributed by atoms with Gasteiger partial charge in [0, 0.05) is 17.5 Å². The van der Waals surface area contributed by atoms with E-state index < -0.39 is 11.9 Å². The van der Waals surface area contributed by atoms with E-state index in [1.54, 1.807) is 0 Å². The third kappa shape index (κ3) is 3.96. The predicted octanol–water partition coefficient (Wildman–Crippen LogP) is 3.43. The summed E-state index contributed by atoms with van der Waals surface area (Å²) in [5.74, 6) is -0.636. The monoisotopic (exact) mass is 287 g/mol. The second-order valence-electron chi connectivity index (χ2n) is 5.25. The Kier molecular flexibility index (Phi) is 4.04. The van der Waals surface area contributed by atoms with Crippen LogP contribution in [0.2, 0.25) is 0 Å². The minimum Gasteiger partial charge on any atom is -0.406 e. The smallest absolute Gasteiger partial charge is 0.406 e. The van der Waals surface area contributed by atoms with E-state index in [-0.39, 0.29) is 23.5 Å². The molecule has 2 rings (SSSR count). The molecule has 3 nitrogen and oxygen atoms in total. The number of benzene rings is 1. The van der Waals surface area contributed by atoms with Gasteiger partial charge >= 0.3 is 6.36 Å². The van der Waals surface area contributed by atoms with Gasteiger partial charge < -0.3 is 10.5 Å². The molecule has 110 valence electrons. The Morgan fingerprint density at radius 2 is 1.95 bits per heavy atom. The number of hydrogen-bond donors (Lipinski definition) is 1. The molecule has 0 heterocycles. The summed E-state index contributed by atoms with van der Waals surface area (Å²) in [6, 6.07) is 5.11. The molecule has 1 aliphatic rings. The number of ether oxygens (including phenoxy) is 1. The molecule has 20 heavy (non-hydrogen) atoms. The van der Waals surface area contributed by atoms with Gasteiger partial charge in [-0.2, -0.15) is 0 Å². The first-order valence-corrected chi connectivity index (χ1v) is 6.45. The summed E-state index contributed by atoms with van der Waals surface area (Å²) in [7, 11) is 0. The Morgan fingerprint density at radius 3 is 2.55 bits per heavy atom. The van der Waals surface area contributed by atoms with E-state index >= 15 is 0 Å². The third-order valence-electron chi connectivity index (χ3n) is 3.50. The van der Waals surface area contributed by atoms with Crippen molar-refractivity contribution in [3.05, 3.63) is 29.8 Å². The molecule has 1 aromatic carbocycles. The first-order chi connectivity index (χ1) is 9.27. The minimum atomic E-state index is -4.76. The zero-order valence-corrected chi connectivity index (χ0v) is 10.9. The van der Waals surface area contributed by atoms with Crippen LogP contribution in [0.15, 0.2) is 24.3 Å². The summed E-state index contributed by atoms with van der Waals surface area (Å²) in [5, 5.41) is 0. The lowest BCUT2D eigenvalue weighted by Gasteiger charge is -2.22. The van der Waals surface area contributed by atoms with Gasteiger partial charge in [-0.3, -0.25) is 4.79 Å². The molecule has 1 fully saturated rings. The molecular formula is C14H16F3NO2. The number of nitrogens with two attached hydrogens (primary N) is 1. The molecule has 0 aliphatic heterocycles. The van der Waals surface area contributed by atoms with Crippen LogP contribution in [0.1, 0.15) is 42.5 Å². The van der Waals surface area contributed by atoms with Gasteiger partial charge in [0.15, 0.2) is 5.78 Å². The van der Waals surface area contributed by atoms with Crippen molar-refractivity contribution in [3.8, 4) is 5.75 Å². The number of alkyl halides is 3. The van der Waals surface area contributed by atoms with Crippen LogP contribution in [0.3, 0.4) is 0 Å². The molecular weight excluding hydrogens is 271 g/mol. The SMILES string of the molecule is NC1(CC(=O)c2cccc(OC(F)(F)F)c2)CCCC1. The lowest BCUT2D eigenvalue weighted by atomic mass is 9.90. The highest BCUT2D eigenvalue weighted by Crippen LogP contribution is 2.31. The molecule has 0 spiro atoms. The fraction of sp³-hybridized carbons (Fsp3) is 0.500. The largest absolute Gasteiger partial charge is 0.573 e. The maximum absolute atomic E-state index is 12.1. The Bertz CT molecular complexity index is 493. The number of carbonyl (C=O) groups is 1. The summed E-state index contributed by atoms with van der Waals surface area (Å²) in [6.07, 6.45) is -1.08. The average molecular weight is 287 g/mol. The molecule has 2 N–H and O–H groups in total. The topological polar surface area (TPSA) is 52.3 Å². The molecule has 1 aliphatic carbocycles. The quantitative estimate of drug-likeness (QED) is 0.863. The maximum atomic E-state index is 12.1. The van der Waals surface area contributed by atoms with Crippen molar-refractivity contribution >= 4 is 5.78 Å². The Morgan fingerprint density at radius 1 is 1.30 bits per heavy atom. The van der Waals surface area contributed by atoms with E-state index in [4.69, 9.17) is 5.73 Å². The van der Waals surface area contributed by atoms with Gasteiger partial charge in [0.05, 0.1) is 0 Å². The van der Waals surface area contributed by atoms with Crippen molar-refractivity contribution in [3.63, 3.8) is 0 Å². The summed E-state index contributed by atoms with van der Waals surface area (Å²) in [4.78, 5) is 12.1. The van der Waals surface area contributed by atoms with Crippen molar-refractivity contribution in [1.82, 2.24) is 0 Å². The number of hydrogen-bond acceptors (Lipinski definition) is 3. The summed E-state index contributed by atoms with van der Waals surface area (Å²) in [5.41, 5.74) is 5.79. The molecule has 0 aromatic heterocycles. The van der Waals surface area contributed by atoms with Gasteiger partial charge in [0.2, 0.25) is 0 Å². The van der Waals surface area contributed by atoms with Gasteiger partial charge in [0.25, 0.3) is 0 Å². The number of rotatable bonds is 4. The third-order valence-corrected chi connectivity index (χ3v) is 3.50. The molecule has 1 saturated carbocycles. The highest BCUT2D eigenvalue weighted by atomic mass is 19.4. The van der Waals surface area contributed by atoms with Crippen LogP contribution in [0.5, 0.6) is 5.75 Å². The number of halogens is 3. The van der Waals surface area contributed by atoms with Crippen LogP contribution < -0.4 is 10.5 Å². The van der Waals surface area contributed by atoms with Gasteiger partial charge in [-0.1, -0.05) is 25.0 Å². The van der Waals surface area contributed by atoms with E-state index in [0.29, 0.717) is 0 Å². The number of ketones is 1. The molecule has 0 radical (unpaired) electrons. The van der Waals surface area contributed by atoms with E-state index in [1.807, 2.05) is 0 Å². The highest BCUT2D eigenvalue weighted by Gasteiger charge is 2.33. The van der Waals surface area contributed by atoms with Gasteiger partial charge in [-0.15, -0.1) is 13.2 Å². The lowest BCUT2D eigenvalue weighted by molar-refractivity contribution is -0.274. The molecule has 0 atom stereocenters. The van der Waals surface area contributed by atoms with E-state index in [9.17, 15) is 18.0 Å². The van der Waals surface area contributed by atoms with Gasteiger partial charge in [-0.05, 0) is 25.0 Å². The van der Waals surface area contributed by atoms with Crippen molar-refractivity contribution in [2.45, 2.75) is 44.0 Å². The molecule has 6 heteroatoms. The molecule has 0 unspecified atom stereocenters. The molecule has 0 amide bonds. The predicted molar refractivity (Wildman–Crippen MR) is 67.5 cm³/mol. The zero-order valence-electron chi connectivity index (χ0n) is 10.9. The Hall–Kier alpha value is -1.56. The van der Waals surface area contributed by atoms with Crippen molar-refractivity contribution in [1.29, 1.82) is 0 Å². The number of carbonyl (C=O) groups excluding carboxylic acids is 1. The normalized spacial score (nSPS) is 18.0. The zero-order chi connectivity index (χ0) is 14.8. The fourth-order valence-electron chi connectivity index (χ4n) is 2.54. The van der Waals surface area contributed by atoms with Crippen LogP contribution in [-0.2, 0) is 0 Å². The second-order valence-corrected chi connectivity index (χ2v) is 5.25. The summed E-state index contributed by atoms with van der Waals surface area (Å²) < 4.78 is 40.2. The Balaban J connectivity index is 2.08. The van der Waals surface area contributed by atoms with Crippen molar-refractivity contribution in [2.75, 3.05) is 0 Å². The molecule has 0 bridgehead atoms. The summed E-state index contributed by atoms with van der Waals surface area (Å²) in [6.45, 7) is 0. The second kappa shape index (κ2) is 5.44. The lowest BCUT2D eigenvalue weighted by Crippen LogP contribution is -2.38. The van der Waals surface area contributed by atoms with Crippen LogP contribution in [0.4, 0.5) is 13.2 Å². The first kappa shape index (κ1) is 14.8. The van der Waals surface area contributed by atoms with Crippen molar-refractivity contribution in [2.24, 2.45) is 5.73 Å². The summed E-state index contributed by atoms with van der Waals surface area (Å²) >= 11 is 0. The molecule has 0 saturated heterocycles. The van der Waals surface area contributed by atoms with Crippen LogP contribution >= 0.6 is 0 Å². The first-order valence-electron chi connectivity index (χ1n) is 6.45. The van der Waals surface area contributed by atoms with Crippen molar-refractivity contribution < 1.29 is 22.7 Å².